The predicted molar refractivity (Wildman–Crippen MR) is 103 cm³/mol. The van der Waals surface area contributed by atoms with Crippen LogP contribution in [0, 0.1) is 0 Å². The van der Waals surface area contributed by atoms with Crippen molar-refractivity contribution in [1.82, 2.24) is 9.88 Å². The maximum Gasteiger partial charge on any atom is 0.311 e. The van der Waals surface area contributed by atoms with Gasteiger partial charge < -0.3 is 9.47 Å². The highest BCUT2D eigenvalue weighted by Crippen LogP contribution is 2.18. The zero-order valence-electron chi connectivity index (χ0n) is 15.3. The van der Waals surface area contributed by atoms with Crippen LogP contribution in [0.25, 0.3) is 0 Å². The zero-order chi connectivity index (χ0) is 19.1. The molecule has 1 aliphatic rings. The highest BCUT2D eigenvalue weighted by Gasteiger charge is 2.13. The molecule has 0 radical (unpaired) electrons. The van der Waals surface area contributed by atoms with Crippen LogP contribution in [0.1, 0.15) is 28.5 Å². The normalized spacial score (nSPS) is 14.7. The van der Waals surface area contributed by atoms with Crippen LogP contribution in [0.2, 0.25) is 0 Å². The number of rotatable bonds is 7. The molecule has 144 valence electrons. The Hall–Kier alpha value is -2.29. The molecule has 2 aromatic rings. The van der Waals surface area contributed by atoms with E-state index in [0.29, 0.717) is 23.0 Å². The number of aromatic nitrogens is 1. The number of ether oxygens (including phenoxy) is 2. The Kier molecular flexibility index (Phi) is 6.92. The smallest absolute Gasteiger partial charge is 0.311 e. The van der Waals surface area contributed by atoms with Gasteiger partial charge in [-0.05, 0) is 24.6 Å². The Bertz CT molecular complexity index is 770. The van der Waals surface area contributed by atoms with Gasteiger partial charge in [-0.3, -0.25) is 19.8 Å². The molecule has 27 heavy (non-hydrogen) atoms. The molecule has 1 saturated heterocycles. The minimum absolute atomic E-state index is 0.108. The molecule has 8 heteroatoms. The molecule has 0 spiro atoms. The van der Waals surface area contributed by atoms with E-state index in [0.717, 1.165) is 32.8 Å². The van der Waals surface area contributed by atoms with Crippen molar-refractivity contribution in [3.05, 3.63) is 46.5 Å². The highest BCUT2D eigenvalue weighted by molar-refractivity contribution is 7.14. The second kappa shape index (κ2) is 9.59. The van der Waals surface area contributed by atoms with E-state index >= 15 is 0 Å². The summed E-state index contributed by atoms with van der Waals surface area (Å²) in [7, 11) is 0. The summed E-state index contributed by atoms with van der Waals surface area (Å²) in [5.41, 5.74) is 2.33. The number of nitrogens with zero attached hydrogens (tertiary/aromatic N) is 2. The van der Waals surface area contributed by atoms with Crippen molar-refractivity contribution in [3.8, 4) is 0 Å². The largest absolute Gasteiger partial charge is 0.466 e. The van der Waals surface area contributed by atoms with Gasteiger partial charge in [-0.1, -0.05) is 12.1 Å². The van der Waals surface area contributed by atoms with Crippen molar-refractivity contribution in [3.63, 3.8) is 0 Å². The van der Waals surface area contributed by atoms with Crippen LogP contribution in [0.3, 0.4) is 0 Å². The number of morpholine rings is 1. The maximum atomic E-state index is 12.4. The topological polar surface area (TPSA) is 80.8 Å². The van der Waals surface area contributed by atoms with Gasteiger partial charge in [0.15, 0.2) is 5.13 Å². The molecule has 3 rings (SSSR count). The van der Waals surface area contributed by atoms with E-state index in [2.05, 4.69) is 15.2 Å². The number of amides is 1. The van der Waals surface area contributed by atoms with Crippen molar-refractivity contribution in [2.45, 2.75) is 19.9 Å². The third-order valence-electron chi connectivity index (χ3n) is 4.13. The number of thiazole rings is 1. The van der Waals surface area contributed by atoms with Crippen LogP contribution in [-0.2, 0) is 27.2 Å². The minimum atomic E-state index is -0.323. The minimum Gasteiger partial charge on any atom is -0.466 e. The Balaban J connectivity index is 1.53. The van der Waals surface area contributed by atoms with E-state index < -0.39 is 0 Å². The number of carbonyl (C=O) groups excluding carboxylic acids is 2. The van der Waals surface area contributed by atoms with E-state index in [1.54, 1.807) is 12.3 Å². The van der Waals surface area contributed by atoms with Gasteiger partial charge >= 0.3 is 5.97 Å². The lowest BCUT2D eigenvalue weighted by atomic mass is 10.1. The van der Waals surface area contributed by atoms with Crippen LogP contribution in [0.4, 0.5) is 5.13 Å². The molecule has 0 aliphatic carbocycles. The van der Waals surface area contributed by atoms with E-state index in [1.165, 1.54) is 16.9 Å². The summed E-state index contributed by atoms with van der Waals surface area (Å²) in [6.07, 6.45) is 0.108. The standard InChI is InChI=1S/C19H23N3O4S/c1-2-26-17(23)11-16-13-27-19(20-16)21-18(24)15-5-3-14(4-6-15)12-22-7-9-25-10-8-22/h3-6,13H,2,7-12H2,1H3,(H,20,21,24). The second-order valence-electron chi connectivity index (χ2n) is 6.17. The molecule has 1 aromatic heterocycles. The molecular formula is C19H23N3O4S. The third kappa shape index (κ3) is 5.85. The maximum absolute atomic E-state index is 12.4. The SMILES string of the molecule is CCOC(=O)Cc1csc(NC(=O)c2ccc(CN3CCOCC3)cc2)n1. The highest BCUT2D eigenvalue weighted by atomic mass is 32.1. The van der Waals surface area contributed by atoms with Gasteiger partial charge in [-0.2, -0.15) is 0 Å². The predicted octanol–water partition coefficient (Wildman–Crippen LogP) is 2.33. The average molecular weight is 389 g/mol. The van der Waals surface area contributed by atoms with Crippen LogP contribution < -0.4 is 5.32 Å². The number of hydrogen-bond donors (Lipinski definition) is 1. The summed E-state index contributed by atoms with van der Waals surface area (Å²) in [5.74, 6) is -0.540. The quantitative estimate of drug-likeness (QED) is 0.732. The molecule has 7 nitrogen and oxygen atoms in total. The fraction of sp³-hybridized carbons (Fsp3) is 0.421. The van der Waals surface area contributed by atoms with Gasteiger partial charge in [-0.15, -0.1) is 11.3 Å². The number of benzene rings is 1. The first-order valence-electron chi connectivity index (χ1n) is 8.94. The Morgan fingerprint density at radius 2 is 2.00 bits per heavy atom. The summed E-state index contributed by atoms with van der Waals surface area (Å²) in [6.45, 7) is 6.36. The Labute approximate surface area is 162 Å². The van der Waals surface area contributed by atoms with Crippen molar-refractivity contribution in [2.24, 2.45) is 0 Å². The molecule has 1 aromatic carbocycles. The van der Waals surface area contributed by atoms with Gasteiger partial charge in [0.05, 0.1) is 31.9 Å². The van der Waals surface area contributed by atoms with Gasteiger partial charge in [0.1, 0.15) is 0 Å². The fourth-order valence-corrected chi connectivity index (χ4v) is 3.46. The van der Waals surface area contributed by atoms with Crippen molar-refractivity contribution < 1.29 is 19.1 Å². The average Bonchev–Trinajstić information content (AvgIpc) is 3.10. The van der Waals surface area contributed by atoms with Crippen molar-refractivity contribution in [2.75, 3.05) is 38.2 Å². The van der Waals surface area contributed by atoms with E-state index in [-0.39, 0.29) is 18.3 Å². The number of hydrogen-bond acceptors (Lipinski definition) is 7. The van der Waals surface area contributed by atoms with Crippen molar-refractivity contribution >= 4 is 28.3 Å². The molecule has 0 unspecified atom stereocenters. The molecule has 0 atom stereocenters. The van der Waals surface area contributed by atoms with E-state index in [4.69, 9.17) is 9.47 Å². The van der Waals surface area contributed by atoms with Crippen LogP contribution in [0.5, 0.6) is 0 Å². The summed E-state index contributed by atoms with van der Waals surface area (Å²) < 4.78 is 10.3. The first-order valence-corrected chi connectivity index (χ1v) is 9.82. The molecule has 1 N–H and O–H groups in total. The van der Waals surface area contributed by atoms with Crippen LogP contribution >= 0.6 is 11.3 Å². The van der Waals surface area contributed by atoms with Gasteiger partial charge in [-0.25, -0.2) is 4.98 Å². The van der Waals surface area contributed by atoms with Gasteiger partial charge in [0, 0.05) is 30.6 Å². The molecule has 1 amide bonds. The van der Waals surface area contributed by atoms with Gasteiger partial charge in [0.2, 0.25) is 0 Å². The number of nitrogens with one attached hydrogen (secondary N) is 1. The second-order valence-corrected chi connectivity index (χ2v) is 7.02. The Morgan fingerprint density at radius 1 is 1.26 bits per heavy atom. The number of anilines is 1. The Morgan fingerprint density at radius 3 is 2.70 bits per heavy atom. The monoisotopic (exact) mass is 389 g/mol. The molecule has 0 bridgehead atoms. The van der Waals surface area contributed by atoms with Crippen LogP contribution in [-0.4, -0.2) is 54.7 Å². The molecule has 0 saturated carbocycles. The van der Waals surface area contributed by atoms with Crippen LogP contribution in [0.15, 0.2) is 29.6 Å². The summed E-state index contributed by atoms with van der Waals surface area (Å²) in [4.78, 5) is 30.5. The molecule has 1 aliphatic heterocycles. The molecular weight excluding hydrogens is 366 g/mol. The lowest BCUT2D eigenvalue weighted by Gasteiger charge is -2.26. The molecule has 1 fully saturated rings. The van der Waals surface area contributed by atoms with Crippen molar-refractivity contribution in [1.29, 1.82) is 0 Å². The summed E-state index contributed by atoms with van der Waals surface area (Å²) in [5, 5.41) is 4.99. The molecule has 2 heterocycles. The third-order valence-corrected chi connectivity index (χ3v) is 4.94. The zero-order valence-corrected chi connectivity index (χ0v) is 16.1. The lowest BCUT2D eigenvalue weighted by molar-refractivity contribution is -0.142. The number of carbonyl (C=O) groups is 2. The first-order chi connectivity index (χ1) is 13.1. The fourth-order valence-electron chi connectivity index (χ4n) is 2.75. The summed E-state index contributed by atoms with van der Waals surface area (Å²) >= 11 is 1.29. The van der Waals surface area contributed by atoms with E-state index in [9.17, 15) is 9.59 Å². The van der Waals surface area contributed by atoms with E-state index in [1.807, 2.05) is 24.3 Å². The van der Waals surface area contributed by atoms with Gasteiger partial charge in [0.25, 0.3) is 5.91 Å². The number of esters is 1. The summed E-state index contributed by atoms with van der Waals surface area (Å²) in [6, 6.07) is 7.58. The lowest BCUT2D eigenvalue weighted by Crippen LogP contribution is -2.35. The first kappa shape index (κ1) is 19.5.